The molecule has 0 aromatic carbocycles. The van der Waals surface area contributed by atoms with Crippen molar-refractivity contribution in [2.75, 3.05) is 7.11 Å². The van der Waals surface area contributed by atoms with Gasteiger partial charge in [0.1, 0.15) is 0 Å². The summed E-state index contributed by atoms with van der Waals surface area (Å²) in [6, 6.07) is 0. The highest BCUT2D eigenvalue weighted by Gasteiger charge is 2.35. The highest BCUT2D eigenvalue weighted by Crippen LogP contribution is 2.33. The van der Waals surface area contributed by atoms with Crippen LogP contribution in [-0.2, 0) is 19.1 Å². The van der Waals surface area contributed by atoms with Gasteiger partial charge in [-0.3, -0.25) is 4.79 Å². The van der Waals surface area contributed by atoms with Crippen LogP contribution in [0.25, 0.3) is 0 Å². The Hall–Kier alpha value is -1.59. The molecule has 0 rings (SSSR count). The molecule has 0 amide bonds. The Labute approximate surface area is 125 Å². The molecule has 0 fully saturated rings. The molecule has 6 nitrogen and oxygen atoms in total. The van der Waals surface area contributed by atoms with Crippen molar-refractivity contribution in [3.63, 3.8) is 0 Å². The van der Waals surface area contributed by atoms with Crippen LogP contribution in [0.4, 0.5) is 0 Å². The van der Waals surface area contributed by atoms with Gasteiger partial charge in [0, 0.05) is 11.9 Å². The van der Waals surface area contributed by atoms with Gasteiger partial charge in [0.05, 0.1) is 12.5 Å². The number of methoxy groups -OCH3 is 1. The number of aliphatic carboxylic acids is 2. The number of hydrogen-bond acceptors (Lipinski definition) is 6. The minimum Gasteiger partial charge on any atom is -0.550 e. The fourth-order valence-electron chi connectivity index (χ4n) is 2.43. The van der Waals surface area contributed by atoms with Crippen LogP contribution in [0, 0.1) is 11.3 Å². The molecular weight excluding hydrogens is 276 g/mol. The molecular formula is C15H24O6-2. The summed E-state index contributed by atoms with van der Waals surface area (Å²) in [6.07, 6.45) is 3.48. The van der Waals surface area contributed by atoms with E-state index in [1.54, 1.807) is 6.92 Å². The Bertz CT molecular complexity index is 365. The number of carboxylic acids is 2. The van der Waals surface area contributed by atoms with Crippen LogP contribution < -0.4 is 10.2 Å². The molecule has 2 atom stereocenters. The van der Waals surface area contributed by atoms with Crippen molar-refractivity contribution in [2.45, 2.75) is 58.8 Å². The van der Waals surface area contributed by atoms with Crippen LogP contribution >= 0.6 is 0 Å². The third kappa shape index (κ3) is 7.68. The predicted molar refractivity (Wildman–Crippen MR) is 71.6 cm³/mol. The van der Waals surface area contributed by atoms with Crippen molar-refractivity contribution in [3.05, 3.63) is 0 Å². The molecule has 0 bridgehead atoms. The normalized spacial score (nSPS) is 15.0. The molecule has 0 N–H and O–H groups in total. The molecule has 0 aliphatic carbocycles. The highest BCUT2D eigenvalue weighted by atomic mass is 16.5. The fourth-order valence-corrected chi connectivity index (χ4v) is 2.43. The molecule has 0 heterocycles. The number of carboxylic acid groups (broad SMARTS) is 2. The lowest BCUT2D eigenvalue weighted by molar-refractivity contribution is -0.312. The summed E-state index contributed by atoms with van der Waals surface area (Å²) in [4.78, 5) is 33.0. The van der Waals surface area contributed by atoms with Crippen molar-refractivity contribution in [3.8, 4) is 0 Å². The molecule has 2 unspecified atom stereocenters. The third-order valence-corrected chi connectivity index (χ3v) is 3.70. The monoisotopic (exact) mass is 300 g/mol. The number of esters is 1. The van der Waals surface area contributed by atoms with Crippen LogP contribution in [-0.4, -0.2) is 25.0 Å². The largest absolute Gasteiger partial charge is 0.550 e. The van der Waals surface area contributed by atoms with E-state index in [0.717, 1.165) is 12.8 Å². The first-order valence-electron chi connectivity index (χ1n) is 7.22. The zero-order valence-electron chi connectivity index (χ0n) is 13.0. The predicted octanol–water partition coefficient (Wildman–Crippen LogP) is 0.0323. The molecule has 0 aliphatic heterocycles. The van der Waals surface area contributed by atoms with E-state index in [4.69, 9.17) is 4.74 Å². The van der Waals surface area contributed by atoms with E-state index in [1.165, 1.54) is 14.0 Å². The van der Waals surface area contributed by atoms with Crippen molar-refractivity contribution in [2.24, 2.45) is 11.3 Å². The molecule has 0 radical (unpaired) electrons. The topological polar surface area (TPSA) is 107 Å². The summed E-state index contributed by atoms with van der Waals surface area (Å²) < 4.78 is 4.77. The molecule has 6 heteroatoms. The van der Waals surface area contributed by atoms with Gasteiger partial charge in [-0.2, -0.15) is 0 Å². The van der Waals surface area contributed by atoms with Gasteiger partial charge in [0.15, 0.2) is 0 Å². The van der Waals surface area contributed by atoms with E-state index >= 15 is 0 Å². The second-order valence-electron chi connectivity index (χ2n) is 5.76. The Morgan fingerprint density at radius 3 is 2.14 bits per heavy atom. The van der Waals surface area contributed by atoms with Crippen LogP contribution in [0.2, 0.25) is 0 Å². The summed E-state index contributed by atoms with van der Waals surface area (Å²) in [6.45, 7) is 3.20. The van der Waals surface area contributed by atoms with Gasteiger partial charge in [-0.15, -0.1) is 0 Å². The van der Waals surface area contributed by atoms with E-state index in [0.29, 0.717) is 19.3 Å². The van der Waals surface area contributed by atoms with Crippen molar-refractivity contribution in [1.29, 1.82) is 0 Å². The van der Waals surface area contributed by atoms with Crippen molar-refractivity contribution in [1.82, 2.24) is 0 Å². The van der Waals surface area contributed by atoms with Crippen LogP contribution in [0.5, 0.6) is 0 Å². The van der Waals surface area contributed by atoms with Gasteiger partial charge >= 0.3 is 5.97 Å². The molecule has 0 saturated carbocycles. The molecule has 0 spiro atoms. The average Bonchev–Trinajstić information content (AvgIpc) is 2.41. The van der Waals surface area contributed by atoms with Gasteiger partial charge in [-0.25, -0.2) is 0 Å². The fraction of sp³-hybridized carbons (Fsp3) is 0.800. The van der Waals surface area contributed by atoms with Crippen LogP contribution in [0.1, 0.15) is 58.8 Å². The SMILES string of the molecule is COC(=O)C(C)(CCCCCCC(=O)[O-])CC(C)C(=O)[O-]. The quantitative estimate of drug-likeness (QED) is 0.393. The minimum atomic E-state index is -1.18. The number of ether oxygens (including phenoxy) is 1. The second-order valence-corrected chi connectivity index (χ2v) is 5.76. The maximum Gasteiger partial charge on any atom is 0.311 e. The molecule has 0 saturated heterocycles. The Morgan fingerprint density at radius 1 is 1.10 bits per heavy atom. The van der Waals surface area contributed by atoms with Gasteiger partial charge in [0.25, 0.3) is 0 Å². The Kier molecular flexibility index (Phi) is 8.66. The van der Waals surface area contributed by atoms with Crippen LogP contribution in [0.15, 0.2) is 0 Å². The molecule has 0 aliphatic rings. The first kappa shape index (κ1) is 19.4. The molecule has 0 aromatic rings. The average molecular weight is 300 g/mol. The third-order valence-electron chi connectivity index (χ3n) is 3.70. The van der Waals surface area contributed by atoms with Gasteiger partial charge in [-0.1, -0.05) is 26.2 Å². The number of unbranched alkanes of at least 4 members (excludes halogenated alkanes) is 3. The van der Waals surface area contributed by atoms with Gasteiger partial charge in [-0.05, 0) is 38.5 Å². The first-order valence-corrected chi connectivity index (χ1v) is 7.22. The summed E-state index contributed by atoms with van der Waals surface area (Å²) in [5.74, 6) is -3.39. The molecule has 122 valence electrons. The summed E-state index contributed by atoms with van der Waals surface area (Å²) in [5, 5.41) is 21.1. The number of carbonyl (C=O) groups is 3. The van der Waals surface area contributed by atoms with Crippen molar-refractivity contribution < 1.29 is 29.3 Å². The maximum absolute atomic E-state index is 11.9. The summed E-state index contributed by atoms with van der Waals surface area (Å²) in [7, 11) is 1.28. The standard InChI is InChI=1S/C15H26O6/c1-11(13(18)19)10-15(2,14(20)21-3)9-7-5-4-6-8-12(16)17/h11H,4-10H2,1-3H3,(H,16,17)(H,18,19)/p-2. The lowest BCUT2D eigenvalue weighted by Crippen LogP contribution is -2.37. The van der Waals surface area contributed by atoms with Crippen LogP contribution in [0.3, 0.4) is 0 Å². The van der Waals surface area contributed by atoms with E-state index in [-0.39, 0.29) is 12.8 Å². The van der Waals surface area contributed by atoms with Gasteiger partial charge in [0.2, 0.25) is 0 Å². The highest BCUT2D eigenvalue weighted by molar-refractivity contribution is 5.77. The Morgan fingerprint density at radius 2 is 1.67 bits per heavy atom. The van der Waals surface area contributed by atoms with Gasteiger partial charge < -0.3 is 24.5 Å². The smallest absolute Gasteiger partial charge is 0.311 e. The van der Waals surface area contributed by atoms with E-state index in [1.807, 2.05) is 0 Å². The number of carbonyl (C=O) groups excluding carboxylic acids is 3. The zero-order valence-corrected chi connectivity index (χ0v) is 13.0. The molecule has 0 aromatic heterocycles. The maximum atomic E-state index is 11.9. The van der Waals surface area contributed by atoms with E-state index < -0.39 is 29.2 Å². The lowest BCUT2D eigenvalue weighted by atomic mass is 9.77. The van der Waals surface area contributed by atoms with Crippen molar-refractivity contribution >= 4 is 17.9 Å². The lowest BCUT2D eigenvalue weighted by Gasteiger charge is -2.30. The number of hydrogen-bond donors (Lipinski definition) is 0. The molecule has 21 heavy (non-hydrogen) atoms. The summed E-state index contributed by atoms with van der Waals surface area (Å²) in [5.41, 5.74) is -0.859. The first-order chi connectivity index (χ1) is 9.73. The Balaban J connectivity index is 4.33. The van der Waals surface area contributed by atoms with E-state index in [9.17, 15) is 24.6 Å². The number of rotatable bonds is 11. The summed E-state index contributed by atoms with van der Waals surface area (Å²) >= 11 is 0. The zero-order chi connectivity index (χ0) is 16.5. The second kappa shape index (κ2) is 9.37. The van der Waals surface area contributed by atoms with E-state index in [2.05, 4.69) is 0 Å². The minimum absolute atomic E-state index is 0.0377.